The first-order valence-electron chi connectivity index (χ1n) is 9.02. The minimum atomic E-state index is 0. The molecule has 0 bridgehead atoms. The van der Waals surface area contributed by atoms with Crippen molar-refractivity contribution < 1.29 is 9.53 Å². The molecule has 0 aromatic heterocycles. The van der Waals surface area contributed by atoms with Gasteiger partial charge in [0.1, 0.15) is 12.4 Å². The fraction of sp³-hybridized carbons (Fsp3) is 0.381. The second-order valence-corrected chi connectivity index (χ2v) is 6.58. The molecule has 1 heterocycles. The summed E-state index contributed by atoms with van der Waals surface area (Å²) in [7, 11) is 0. The van der Waals surface area contributed by atoms with E-state index in [9.17, 15) is 4.79 Å². The number of halogens is 1. The molecule has 1 amide bonds. The van der Waals surface area contributed by atoms with Crippen molar-refractivity contribution in [3.63, 3.8) is 0 Å². The van der Waals surface area contributed by atoms with Gasteiger partial charge in [0.25, 0.3) is 0 Å². The third kappa shape index (κ3) is 5.48. The summed E-state index contributed by atoms with van der Waals surface area (Å²) in [4.78, 5) is 12.2. The Balaban J connectivity index is 0.00000243. The number of hydrogen-bond acceptors (Lipinski definition) is 3. The third-order valence-electron chi connectivity index (χ3n) is 4.63. The fourth-order valence-corrected chi connectivity index (χ4v) is 3.30. The fourth-order valence-electron chi connectivity index (χ4n) is 3.30. The summed E-state index contributed by atoms with van der Waals surface area (Å²) in [6.45, 7) is 4.04. The summed E-state index contributed by atoms with van der Waals surface area (Å²) in [5, 5.41) is 6.38. The van der Waals surface area contributed by atoms with Gasteiger partial charge in [0.2, 0.25) is 5.91 Å². The molecule has 1 fully saturated rings. The van der Waals surface area contributed by atoms with Gasteiger partial charge in [-0.3, -0.25) is 4.79 Å². The molecule has 0 radical (unpaired) electrons. The van der Waals surface area contributed by atoms with Crippen molar-refractivity contribution in [3.05, 3.63) is 54.6 Å². The third-order valence-corrected chi connectivity index (χ3v) is 4.63. The zero-order valence-electron chi connectivity index (χ0n) is 15.1. The quantitative estimate of drug-likeness (QED) is 0.759. The maximum atomic E-state index is 12.2. The summed E-state index contributed by atoms with van der Waals surface area (Å²) >= 11 is 0. The number of hydrogen-bond donors (Lipinski definition) is 2. The monoisotopic (exact) mass is 374 g/mol. The summed E-state index contributed by atoms with van der Waals surface area (Å²) in [6.07, 6.45) is 1.82. The number of amides is 1. The van der Waals surface area contributed by atoms with Crippen LogP contribution in [0.15, 0.2) is 54.6 Å². The molecule has 4 nitrogen and oxygen atoms in total. The molecule has 0 saturated carbocycles. The predicted molar refractivity (Wildman–Crippen MR) is 108 cm³/mol. The van der Waals surface area contributed by atoms with Crippen molar-refractivity contribution in [3.8, 4) is 16.9 Å². The van der Waals surface area contributed by atoms with Crippen molar-refractivity contribution in [2.45, 2.75) is 25.8 Å². The first kappa shape index (κ1) is 20.3. The molecule has 1 aliphatic heterocycles. The van der Waals surface area contributed by atoms with Crippen LogP contribution >= 0.6 is 12.4 Å². The van der Waals surface area contributed by atoms with Crippen LogP contribution in [0.5, 0.6) is 5.75 Å². The molecule has 5 heteroatoms. The van der Waals surface area contributed by atoms with Gasteiger partial charge >= 0.3 is 0 Å². The smallest absolute Gasteiger partial charge is 0.223 e. The summed E-state index contributed by atoms with van der Waals surface area (Å²) in [5.74, 6) is 1.11. The van der Waals surface area contributed by atoms with Crippen molar-refractivity contribution in [2.75, 3.05) is 19.7 Å². The van der Waals surface area contributed by atoms with E-state index in [1.54, 1.807) is 0 Å². The standard InChI is InChI=1S/C21H26N2O2.ClH/c1-16-15-18(11-12-22-16)21(24)23-13-14-25-20-10-6-5-9-19(20)17-7-3-2-4-8-17;/h2-10,16,18,22H,11-15H2,1H3,(H,23,24);1H/t16-,18-;/m0./s1. The van der Waals surface area contributed by atoms with Crippen LogP contribution in [0.1, 0.15) is 19.8 Å². The molecule has 1 aliphatic rings. The van der Waals surface area contributed by atoms with E-state index in [0.29, 0.717) is 19.2 Å². The Morgan fingerprint density at radius 2 is 1.88 bits per heavy atom. The maximum absolute atomic E-state index is 12.2. The van der Waals surface area contributed by atoms with Gasteiger partial charge in [0.05, 0.1) is 6.54 Å². The van der Waals surface area contributed by atoms with Crippen LogP contribution in [0.4, 0.5) is 0 Å². The highest BCUT2D eigenvalue weighted by atomic mass is 35.5. The second kappa shape index (κ2) is 10.2. The average Bonchev–Trinajstić information content (AvgIpc) is 2.66. The van der Waals surface area contributed by atoms with Gasteiger partial charge in [0.15, 0.2) is 0 Å². The van der Waals surface area contributed by atoms with E-state index in [1.807, 2.05) is 36.4 Å². The zero-order valence-corrected chi connectivity index (χ0v) is 15.9. The molecule has 0 unspecified atom stereocenters. The largest absolute Gasteiger partial charge is 0.491 e. The number of ether oxygens (including phenoxy) is 1. The number of piperidine rings is 1. The van der Waals surface area contributed by atoms with Gasteiger partial charge in [-0.25, -0.2) is 0 Å². The summed E-state index contributed by atoms with van der Waals surface area (Å²) < 4.78 is 5.92. The Labute approximate surface area is 161 Å². The number of benzene rings is 2. The molecule has 2 N–H and O–H groups in total. The van der Waals surface area contributed by atoms with Crippen LogP contribution in [0.2, 0.25) is 0 Å². The number of carbonyl (C=O) groups is 1. The minimum absolute atomic E-state index is 0. The Bertz CT molecular complexity index is 693. The first-order valence-corrected chi connectivity index (χ1v) is 9.02. The number of para-hydroxylation sites is 1. The zero-order chi connectivity index (χ0) is 17.5. The Morgan fingerprint density at radius 1 is 1.15 bits per heavy atom. The number of carbonyl (C=O) groups excluding carboxylic acids is 1. The van der Waals surface area contributed by atoms with E-state index in [2.05, 4.69) is 35.8 Å². The van der Waals surface area contributed by atoms with Crippen molar-refractivity contribution >= 4 is 18.3 Å². The van der Waals surface area contributed by atoms with Crippen LogP contribution in [-0.2, 0) is 4.79 Å². The maximum Gasteiger partial charge on any atom is 0.223 e. The van der Waals surface area contributed by atoms with Crippen molar-refractivity contribution in [1.29, 1.82) is 0 Å². The first-order chi connectivity index (χ1) is 12.2. The van der Waals surface area contributed by atoms with Crippen LogP contribution in [-0.4, -0.2) is 31.6 Å². The van der Waals surface area contributed by atoms with Gasteiger partial charge in [0, 0.05) is 17.5 Å². The number of rotatable bonds is 6. The highest BCUT2D eigenvalue weighted by Gasteiger charge is 2.24. The molecule has 0 spiro atoms. The lowest BCUT2D eigenvalue weighted by Gasteiger charge is -2.27. The molecule has 2 aromatic rings. The Morgan fingerprint density at radius 3 is 2.65 bits per heavy atom. The highest BCUT2D eigenvalue weighted by molar-refractivity contribution is 5.85. The van der Waals surface area contributed by atoms with Crippen molar-refractivity contribution in [2.24, 2.45) is 5.92 Å². The van der Waals surface area contributed by atoms with Crippen LogP contribution in [0, 0.1) is 5.92 Å². The van der Waals surface area contributed by atoms with Gasteiger partial charge in [-0.05, 0) is 37.9 Å². The molecular weight excluding hydrogens is 348 g/mol. The topological polar surface area (TPSA) is 50.4 Å². The van der Waals surface area contributed by atoms with Crippen molar-refractivity contribution in [1.82, 2.24) is 10.6 Å². The lowest BCUT2D eigenvalue weighted by atomic mass is 9.92. The van der Waals surface area contributed by atoms with Gasteiger partial charge in [-0.2, -0.15) is 0 Å². The van der Waals surface area contributed by atoms with Gasteiger partial charge in [-0.15, -0.1) is 12.4 Å². The second-order valence-electron chi connectivity index (χ2n) is 6.58. The summed E-state index contributed by atoms with van der Waals surface area (Å²) in [5.41, 5.74) is 2.20. The molecule has 2 atom stereocenters. The van der Waals surface area contributed by atoms with Crippen LogP contribution in [0.3, 0.4) is 0 Å². The van der Waals surface area contributed by atoms with Gasteiger partial charge in [-0.1, -0.05) is 48.5 Å². The molecule has 3 rings (SSSR count). The average molecular weight is 375 g/mol. The lowest BCUT2D eigenvalue weighted by molar-refractivity contribution is -0.126. The highest BCUT2D eigenvalue weighted by Crippen LogP contribution is 2.29. The van der Waals surface area contributed by atoms with E-state index in [4.69, 9.17) is 4.74 Å². The van der Waals surface area contributed by atoms with Crippen LogP contribution in [0.25, 0.3) is 11.1 Å². The van der Waals surface area contributed by atoms with E-state index in [1.165, 1.54) is 0 Å². The normalized spacial score (nSPS) is 19.3. The van der Waals surface area contributed by atoms with E-state index < -0.39 is 0 Å². The Hall–Kier alpha value is -2.04. The van der Waals surface area contributed by atoms with E-state index in [0.717, 1.165) is 36.3 Å². The minimum Gasteiger partial charge on any atom is -0.491 e. The molecule has 140 valence electrons. The summed E-state index contributed by atoms with van der Waals surface area (Å²) in [6, 6.07) is 18.6. The Kier molecular flexibility index (Phi) is 7.95. The number of nitrogens with one attached hydrogen (secondary N) is 2. The van der Waals surface area contributed by atoms with Gasteiger partial charge < -0.3 is 15.4 Å². The molecule has 26 heavy (non-hydrogen) atoms. The SMILES string of the molecule is C[C@H]1C[C@@H](C(=O)NCCOc2ccccc2-c2ccccc2)CCN1.Cl. The molecule has 2 aromatic carbocycles. The van der Waals surface area contributed by atoms with Crippen LogP contribution < -0.4 is 15.4 Å². The lowest BCUT2D eigenvalue weighted by Crippen LogP contribution is -2.43. The molecular formula is C21H27ClN2O2. The predicted octanol–water partition coefficient (Wildman–Crippen LogP) is 3.66. The molecule has 0 aliphatic carbocycles. The van der Waals surface area contributed by atoms with E-state index in [-0.39, 0.29) is 24.2 Å². The van der Waals surface area contributed by atoms with E-state index >= 15 is 0 Å². The molecule has 1 saturated heterocycles.